The fourth-order valence-corrected chi connectivity index (χ4v) is 6.21. The molecule has 3 rings (SSSR count). The SMILES string of the molecule is O=S1(=O)CC(O)C(N2CCCCC2C2CCCC2O)C1. The molecular formula is C14H25NO4S. The Balaban J connectivity index is 1.79. The third-order valence-corrected chi connectivity index (χ3v) is 7.04. The fourth-order valence-electron chi connectivity index (χ4n) is 4.40. The van der Waals surface area contributed by atoms with Gasteiger partial charge in [-0.2, -0.15) is 0 Å². The van der Waals surface area contributed by atoms with E-state index in [1.165, 1.54) is 0 Å². The molecular weight excluding hydrogens is 278 g/mol. The molecule has 0 spiro atoms. The average Bonchev–Trinajstić information content (AvgIpc) is 2.92. The predicted octanol–water partition coefficient (Wildman–Crippen LogP) is 0.160. The first-order valence-electron chi connectivity index (χ1n) is 7.80. The average molecular weight is 303 g/mol. The highest BCUT2D eigenvalue weighted by atomic mass is 32.2. The second kappa shape index (κ2) is 5.55. The van der Waals surface area contributed by atoms with E-state index in [9.17, 15) is 18.6 Å². The third-order valence-electron chi connectivity index (χ3n) is 5.34. The number of nitrogens with zero attached hydrogens (tertiary/aromatic N) is 1. The second-order valence-corrected chi connectivity index (χ2v) is 8.83. The second-order valence-electron chi connectivity index (χ2n) is 6.67. The van der Waals surface area contributed by atoms with Crippen LogP contribution in [-0.4, -0.2) is 65.9 Å². The van der Waals surface area contributed by atoms with Crippen LogP contribution in [0.2, 0.25) is 0 Å². The van der Waals surface area contributed by atoms with Gasteiger partial charge in [-0.05, 0) is 32.2 Å². The Morgan fingerprint density at radius 3 is 2.25 bits per heavy atom. The summed E-state index contributed by atoms with van der Waals surface area (Å²) in [5, 5.41) is 20.3. The summed E-state index contributed by atoms with van der Waals surface area (Å²) in [6.07, 6.45) is 5.14. The van der Waals surface area contributed by atoms with Crippen molar-refractivity contribution in [1.29, 1.82) is 0 Å². The molecule has 5 atom stereocenters. The van der Waals surface area contributed by atoms with E-state index in [0.29, 0.717) is 0 Å². The lowest BCUT2D eigenvalue weighted by Crippen LogP contribution is -2.54. The van der Waals surface area contributed by atoms with Gasteiger partial charge in [0.2, 0.25) is 0 Å². The molecule has 0 radical (unpaired) electrons. The van der Waals surface area contributed by atoms with Gasteiger partial charge < -0.3 is 10.2 Å². The summed E-state index contributed by atoms with van der Waals surface area (Å²) in [7, 11) is -3.11. The summed E-state index contributed by atoms with van der Waals surface area (Å²) in [6, 6.07) is -0.0210. The maximum Gasteiger partial charge on any atom is 0.154 e. The quantitative estimate of drug-likeness (QED) is 0.760. The summed E-state index contributed by atoms with van der Waals surface area (Å²) in [4.78, 5) is 2.21. The van der Waals surface area contributed by atoms with Crippen molar-refractivity contribution in [1.82, 2.24) is 4.90 Å². The predicted molar refractivity (Wildman–Crippen MR) is 76.1 cm³/mol. The molecule has 2 aliphatic heterocycles. The highest BCUT2D eigenvalue weighted by Gasteiger charge is 2.46. The van der Waals surface area contributed by atoms with Crippen molar-refractivity contribution < 1.29 is 18.6 Å². The van der Waals surface area contributed by atoms with Gasteiger partial charge >= 0.3 is 0 Å². The molecule has 6 heteroatoms. The zero-order valence-electron chi connectivity index (χ0n) is 11.8. The summed E-state index contributed by atoms with van der Waals surface area (Å²) in [5.41, 5.74) is 0. The summed E-state index contributed by atoms with van der Waals surface area (Å²) < 4.78 is 23.5. The number of aliphatic hydroxyl groups is 2. The van der Waals surface area contributed by atoms with Crippen LogP contribution in [0.4, 0.5) is 0 Å². The van der Waals surface area contributed by atoms with Crippen molar-refractivity contribution in [2.45, 2.75) is 62.8 Å². The first-order chi connectivity index (χ1) is 9.48. The first-order valence-corrected chi connectivity index (χ1v) is 9.62. The van der Waals surface area contributed by atoms with Gasteiger partial charge in [-0.25, -0.2) is 8.42 Å². The number of sulfone groups is 1. The van der Waals surface area contributed by atoms with E-state index < -0.39 is 15.9 Å². The Bertz CT molecular complexity index is 452. The molecule has 5 nitrogen and oxygen atoms in total. The van der Waals surface area contributed by atoms with Gasteiger partial charge in [-0.3, -0.25) is 4.90 Å². The van der Waals surface area contributed by atoms with Crippen LogP contribution in [0.25, 0.3) is 0 Å². The monoisotopic (exact) mass is 303 g/mol. The molecule has 5 unspecified atom stereocenters. The number of hydrogen-bond acceptors (Lipinski definition) is 5. The Labute approximate surface area is 120 Å². The lowest BCUT2D eigenvalue weighted by molar-refractivity contribution is -0.0137. The van der Waals surface area contributed by atoms with E-state index in [1.54, 1.807) is 0 Å². The largest absolute Gasteiger partial charge is 0.393 e. The molecule has 0 aromatic carbocycles. The number of likely N-dealkylation sites (tertiary alicyclic amines) is 1. The maximum atomic E-state index is 11.8. The van der Waals surface area contributed by atoms with Crippen molar-refractivity contribution in [3.63, 3.8) is 0 Å². The molecule has 0 aromatic rings. The molecule has 116 valence electrons. The Kier molecular flexibility index (Phi) is 4.10. The van der Waals surface area contributed by atoms with E-state index in [2.05, 4.69) is 4.90 Å². The zero-order valence-corrected chi connectivity index (χ0v) is 12.6. The van der Waals surface area contributed by atoms with Crippen LogP contribution in [0.1, 0.15) is 38.5 Å². The van der Waals surface area contributed by atoms with Crippen LogP contribution in [-0.2, 0) is 9.84 Å². The standard InChI is InChI=1S/C14H25NO4S/c16-13-6-3-4-10(13)11-5-1-2-7-15(11)12-8-20(18,19)9-14(12)17/h10-14,16-17H,1-9H2. The van der Waals surface area contributed by atoms with Crippen LogP contribution in [0.5, 0.6) is 0 Å². The molecule has 0 bridgehead atoms. The molecule has 3 aliphatic rings. The molecule has 2 N–H and O–H groups in total. The van der Waals surface area contributed by atoms with Crippen LogP contribution >= 0.6 is 0 Å². The Morgan fingerprint density at radius 1 is 0.850 bits per heavy atom. The van der Waals surface area contributed by atoms with Crippen molar-refractivity contribution in [2.24, 2.45) is 5.92 Å². The molecule has 1 saturated carbocycles. The van der Waals surface area contributed by atoms with E-state index in [1.807, 2.05) is 0 Å². The van der Waals surface area contributed by atoms with Crippen molar-refractivity contribution in [3.8, 4) is 0 Å². The topological polar surface area (TPSA) is 77.8 Å². The van der Waals surface area contributed by atoms with Gasteiger partial charge in [0.05, 0.1) is 29.8 Å². The van der Waals surface area contributed by atoms with Gasteiger partial charge in [0, 0.05) is 12.0 Å². The smallest absolute Gasteiger partial charge is 0.154 e. The summed E-state index contributed by atoms with van der Waals surface area (Å²) >= 11 is 0. The van der Waals surface area contributed by atoms with Crippen LogP contribution < -0.4 is 0 Å². The van der Waals surface area contributed by atoms with Gasteiger partial charge in [0.15, 0.2) is 9.84 Å². The van der Waals surface area contributed by atoms with Gasteiger partial charge in [0.1, 0.15) is 0 Å². The molecule has 20 heavy (non-hydrogen) atoms. The third kappa shape index (κ3) is 2.75. The van der Waals surface area contributed by atoms with E-state index in [4.69, 9.17) is 0 Å². The van der Waals surface area contributed by atoms with Crippen LogP contribution in [0, 0.1) is 5.92 Å². The van der Waals surface area contributed by atoms with Gasteiger partial charge in [0.25, 0.3) is 0 Å². The van der Waals surface area contributed by atoms with Crippen molar-refractivity contribution in [2.75, 3.05) is 18.1 Å². The van der Waals surface area contributed by atoms with Crippen LogP contribution in [0.15, 0.2) is 0 Å². The van der Waals surface area contributed by atoms with E-state index >= 15 is 0 Å². The minimum absolute atomic E-state index is 0.0769. The highest BCUT2D eigenvalue weighted by Crippen LogP contribution is 2.37. The summed E-state index contributed by atoms with van der Waals surface area (Å²) in [6.45, 7) is 0.852. The van der Waals surface area contributed by atoms with Gasteiger partial charge in [-0.1, -0.05) is 12.8 Å². The fraction of sp³-hybridized carbons (Fsp3) is 1.00. The zero-order chi connectivity index (χ0) is 14.3. The normalized spacial score (nSPS) is 45.8. The molecule has 3 fully saturated rings. The molecule has 2 heterocycles. The lowest BCUT2D eigenvalue weighted by Gasteiger charge is -2.44. The van der Waals surface area contributed by atoms with Crippen molar-refractivity contribution in [3.05, 3.63) is 0 Å². The van der Waals surface area contributed by atoms with E-state index in [0.717, 1.165) is 45.1 Å². The van der Waals surface area contributed by atoms with Crippen molar-refractivity contribution >= 4 is 9.84 Å². The Morgan fingerprint density at radius 2 is 1.65 bits per heavy atom. The lowest BCUT2D eigenvalue weighted by atomic mass is 9.86. The number of piperidine rings is 1. The minimum Gasteiger partial charge on any atom is -0.393 e. The molecule has 0 amide bonds. The minimum atomic E-state index is -3.11. The number of hydrogen-bond donors (Lipinski definition) is 2. The molecule has 1 aliphatic carbocycles. The maximum absolute atomic E-state index is 11.8. The highest BCUT2D eigenvalue weighted by molar-refractivity contribution is 7.91. The molecule has 2 saturated heterocycles. The van der Waals surface area contributed by atoms with Gasteiger partial charge in [-0.15, -0.1) is 0 Å². The number of aliphatic hydroxyl groups excluding tert-OH is 2. The number of rotatable bonds is 2. The van der Waals surface area contributed by atoms with Crippen LogP contribution in [0.3, 0.4) is 0 Å². The Hall–Kier alpha value is -0.170. The molecule has 0 aromatic heterocycles. The van der Waals surface area contributed by atoms with E-state index in [-0.39, 0.29) is 35.6 Å². The summed E-state index contributed by atoms with van der Waals surface area (Å²) in [5.74, 6) is 0.229. The first kappa shape index (κ1) is 14.8.